The van der Waals surface area contributed by atoms with Crippen molar-refractivity contribution in [2.45, 2.75) is 26.4 Å². The van der Waals surface area contributed by atoms with Crippen LogP contribution in [0.1, 0.15) is 18.1 Å². The highest BCUT2D eigenvalue weighted by atomic mass is 16.6. The van der Waals surface area contributed by atoms with Crippen molar-refractivity contribution in [2.75, 3.05) is 31.5 Å². The highest BCUT2D eigenvalue weighted by Gasteiger charge is 2.31. The Hall–Kier alpha value is -2.77. The molecule has 1 aliphatic heterocycles. The van der Waals surface area contributed by atoms with E-state index in [9.17, 15) is 14.9 Å². The van der Waals surface area contributed by atoms with E-state index in [1.807, 2.05) is 6.92 Å². The average molecular weight is 384 g/mol. The predicted molar refractivity (Wildman–Crippen MR) is 107 cm³/mol. The van der Waals surface area contributed by atoms with Crippen LogP contribution in [0.25, 0.3) is 0 Å². The van der Waals surface area contributed by atoms with Gasteiger partial charge in [-0.2, -0.15) is 0 Å². The first-order chi connectivity index (χ1) is 13.4. The lowest BCUT2D eigenvalue weighted by atomic mass is 10.1. The fraction of sp³-hybridized carbons (Fsp3) is 0.381. The van der Waals surface area contributed by atoms with E-state index in [0.717, 1.165) is 32.7 Å². The summed E-state index contributed by atoms with van der Waals surface area (Å²) in [5, 5.41) is 13.9. The number of nitrogens with one attached hydrogen (secondary N) is 3. The molecule has 28 heavy (non-hydrogen) atoms. The predicted octanol–water partition coefficient (Wildman–Crippen LogP) is 0.214. The highest BCUT2D eigenvalue weighted by molar-refractivity contribution is 5.95. The van der Waals surface area contributed by atoms with Gasteiger partial charge in [-0.05, 0) is 19.9 Å². The molecule has 7 nitrogen and oxygen atoms in total. The molecule has 0 bridgehead atoms. The van der Waals surface area contributed by atoms with E-state index in [4.69, 9.17) is 0 Å². The maximum absolute atomic E-state index is 12.6. The van der Waals surface area contributed by atoms with E-state index in [1.54, 1.807) is 18.2 Å². The monoisotopic (exact) mass is 384 g/mol. The van der Waals surface area contributed by atoms with Gasteiger partial charge in [0.1, 0.15) is 38.4 Å². The van der Waals surface area contributed by atoms with Crippen molar-refractivity contribution in [1.29, 1.82) is 0 Å². The number of para-hydroxylation sites is 2. The summed E-state index contributed by atoms with van der Waals surface area (Å²) in [7, 11) is 0. The maximum Gasteiger partial charge on any atom is 0.292 e. The van der Waals surface area contributed by atoms with E-state index in [1.165, 1.54) is 27.0 Å². The molecule has 3 rings (SSSR count). The van der Waals surface area contributed by atoms with Crippen molar-refractivity contribution in [3.63, 3.8) is 0 Å². The number of nitro benzene ring substituents is 1. The summed E-state index contributed by atoms with van der Waals surface area (Å²) in [4.78, 5) is 26.0. The quantitative estimate of drug-likeness (QED) is 0.492. The Morgan fingerprint density at radius 2 is 1.86 bits per heavy atom. The molecule has 1 fully saturated rings. The van der Waals surface area contributed by atoms with Crippen LogP contribution < -0.4 is 15.1 Å². The van der Waals surface area contributed by atoms with Crippen LogP contribution in [0.5, 0.6) is 0 Å². The third kappa shape index (κ3) is 4.94. The Balaban J connectivity index is 1.54. The summed E-state index contributed by atoms with van der Waals surface area (Å²) >= 11 is 0. The van der Waals surface area contributed by atoms with E-state index < -0.39 is 4.92 Å². The summed E-state index contributed by atoms with van der Waals surface area (Å²) in [6.45, 7) is 8.84. The average Bonchev–Trinajstić information content (AvgIpc) is 2.68. The zero-order valence-electron chi connectivity index (χ0n) is 16.4. The second-order valence-corrected chi connectivity index (χ2v) is 7.56. The Kier molecular flexibility index (Phi) is 6.38. The lowest BCUT2D eigenvalue weighted by Crippen LogP contribution is -3.29. The van der Waals surface area contributed by atoms with Crippen LogP contribution >= 0.6 is 0 Å². The van der Waals surface area contributed by atoms with E-state index in [-0.39, 0.29) is 23.3 Å². The zero-order valence-corrected chi connectivity index (χ0v) is 16.4. The molecule has 0 aromatic heterocycles. The number of piperazine rings is 1. The number of quaternary nitrogens is 2. The Bertz CT molecular complexity index is 847. The van der Waals surface area contributed by atoms with Gasteiger partial charge >= 0.3 is 0 Å². The molecule has 1 amide bonds. The van der Waals surface area contributed by atoms with Crippen molar-refractivity contribution in [2.24, 2.45) is 0 Å². The molecule has 1 saturated heterocycles. The molecule has 0 unspecified atom stereocenters. The van der Waals surface area contributed by atoms with Gasteiger partial charge in [-0.15, -0.1) is 0 Å². The summed E-state index contributed by atoms with van der Waals surface area (Å²) in [6.07, 6.45) is 0. The number of anilines is 1. The first kappa shape index (κ1) is 20.0. The Morgan fingerprint density at radius 1 is 1.14 bits per heavy atom. The van der Waals surface area contributed by atoms with Gasteiger partial charge in [-0.1, -0.05) is 42.0 Å². The van der Waals surface area contributed by atoms with Crippen molar-refractivity contribution in [3.8, 4) is 0 Å². The number of amides is 1. The molecule has 1 heterocycles. The largest absolute Gasteiger partial charge is 0.322 e. The van der Waals surface area contributed by atoms with Crippen LogP contribution in [0.3, 0.4) is 0 Å². The first-order valence-electron chi connectivity index (χ1n) is 9.72. The Labute approximate surface area is 165 Å². The summed E-state index contributed by atoms with van der Waals surface area (Å²) in [6, 6.07) is 14.6. The van der Waals surface area contributed by atoms with Crippen LogP contribution in [-0.2, 0) is 11.3 Å². The minimum Gasteiger partial charge on any atom is -0.322 e. The molecule has 0 radical (unpaired) electrons. The minimum atomic E-state index is -0.472. The van der Waals surface area contributed by atoms with Gasteiger partial charge in [-0.25, -0.2) is 0 Å². The van der Waals surface area contributed by atoms with Crippen LogP contribution in [-0.4, -0.2) is 43.1 Å². The number of hydrogen-bond donors (Lipinski definition) is 3. The molecule has 1 aliphatic rings. The lowest BCUT2D eigenvalue weighted by molar-refractivity contribution is -1.02. The molecule has 3 N–H and O–H groups in total. The van der Waals surface area contributed by atoms with Gasteiger partial charge in [0, 0.05) is 11.6 Å². The van der Waals surface area contributed by atoms with Crippen LogP contribution in [0, 0.1) is 17.0 Å². The number of aryl methyl sites for hydroxylation is 1. The molecule has 2 aromatic rings. The van der Waals surface area contributed by atoms with Gasteiger partial charge < -0.3 is 15.1 Å². The number of benzene rings is 2. The minimum absolute atomic E-state index is 0.0783. The van der Waals surface area contributed by atoms with Gasteiger partial charge in [0.25, 0.3) is 11.6 Å². The lowest BCUT2D eigenvalue weighted by Gasteiger charge is -2.32. The van der Waals surface area contributed by atoms with Gasteiger partial charge in [0.05, 0.1) is 4.92 Å². The van der Waals surface area contributed by atoms with E-state index in [0.29, 0.717) is 0 Å². The highest BCUT2D eigenvalue weighted by Crippen LogP contribution is 2.23. The van der Waals surface area contributed by atoms with Gasteiger partial charge in [-0.3, -0.25) is 14.9 Å². The molecule has 7 heteroatoms. The smallest absolute Gasteiger partial charge is 0.292 e. The third-order valence-electron chi connectivity index (χ3n) is 5.50. The SMILES string of the molecule is Cc1cccc(C[NH+]2CC[NH+]([C@@H](C)C(=O)Nc3ccccc3[N+](=O)[O-])CC2)c1. The first-order valence-corrected chi connectivity index (χ1v) is 9.72. The molecule has 0 saturated carbocycles. The molecule has 1 atom stereocenters. The second kappa shape index (κ2) is 8.95. The van der Waals surface area contributed by atoms with E-state index in [2.05, 4.69) is 36.5 Å². The number of nitro groups is 1. The summed E-state index contributed by atoms with van der Waals surface area (Å²) < 4.78 is 0. The summed E-state index contributed by atoms with van der Waals surface area (Å²) in [5.74, 6) is -0.175. The number of nitrogens with zero attached hydrogens (tertiary/aromatic N) is 1. The third-order valence-corrected chi connectivity index (χ3v) is 5.50. The number of carbonyl (C=O) groups is 1. The number of carbonyl (C=O) groups excluding carboxylic acids is 1. The molecule has 0 aliphatic carbocycles. The fourth-order valence-corrected chi connectivity index (χ4v) is 3.81. The van der Waals surface area contributed by atoms with E-state index >= 15 is 0 Å². The number of hydrogen-bond acceptors (Lipinski definition) is 3. The fourth-order valence-electron chi connectivity index (χ4n) is 3.81. The topological polar surface area (TPSA) is 81.1 Å². The van der Waals surface area contributed by atoms with Crippen LogP contribution in [0.15, 0.2) is 48.5 Å². The zero-order chi connectivity index (χ0) is 20.1. The van der Waals surface area contributed by atoms with Crippen molar-refractivity contribution in [1.82, 2.24) is 0 Å². The molecule has 0 spiro atoms. The summed E-state index contributed by atoms with van der Waals surface area (Å²) in [5.41, 5.74) is 2.81. The molecular formula is C21H28N4O3+2. The normalized spacial score (nSPS) is 20.4. The second-order valence-electron chi connectivity index (χ2n) is 7.56. The van der Waals surface area contributed by atoms with Gasteiger partial charge in [0.15, 0.2) is 6.04 Å². The van der Waals surface area contributed by atoms with Crippen LogP contribution in [0.4, 0.5) is 11.4 Å². The Morgan fingerprint density at radius 3 is 2.54 bits per heavy atom. The molecule has 2 aromatic carbocycles. The van der Waals surface area contributed by atoms with Crippen molar-refractivity contribution < 1.29 is 19.5 Å². The maximum atomic E-state index is 12.6. The molecule has 148 valence electrons. The standard InChI is InChI=1S/C21H26N4O3/c1-16-6-5-7-18(14-16)15-23-10-12-24(13-11-23)17(2)21(26)22-19-8-3-4-9-20(19)25(27)28/h3-9,14,17H,10-13,15H2,1-2H3,(H,22,26)/p+2/t17-/m0/s1. The molecular weight excluding hydrogens is 356 g/mol. The van der Waals surface area contributed by atoms with Crippen molar-refractivity contribution >= 4 is 17.3 Å². The van der Waals surface area contributed by atoms with Crippen molar-refractivity contribution in [3.05, 3.63) is 69.8 Å². The van der Waals surface area contributed by atoms with Crippen LogP contribution in [0.2, 0.25) is 0 Å². The number of rotatable bonds is 6. The van der Waals surface area contributed by atoms with Gasteiger partial charge in [0.2, 0.25) is 0 Å².